The Balaban J connectivity index is 1.36. The number of amides is 2. The number of para-hydroxylation sites is 1. The van der Waals surface area contributed by atoms with Crippen molar-refractivity contribution in [3.05, 3.63) is 83.8 Å². The minimum absolute atomic E-state index is 0.0440. The maximum atomic E-state index is 12.8. The van der Waals surface area contributed by atoms with Gasteiger partial charge in [0.1, 0.15) is 5.76 Å². The third kappa shape index (κ3) is 5.50. The highest BCUT2D eigenvalue weighted by Crippen LogP contribution is 2.26. The van der Waals surface area contributed by atoms with Crippen LogP contribution in [-0.2, 0) is 4.79 Å². The number of hydrogen-bond acceptors (Lipinski definition) is 7. The number of carbonyl (C=O) groups excluding carboxylic acids is 2. The zero-order chi connectivity index (χ0) is 23.2. The second-order valence-electron chi connectivity index (χ2n) is 7.25. The Morgan fingerprint density at radius 2 is 1.79 bits per heavy atom. The van der Waals surface area contributed by atoms with Crippen molar-refractivity contribution >= 4 is 29.3 Å². The van der Waals surface area contributed by atoms with Crippen LogP contribution in [0.3, 0.4) is 0 Å². The molecule has 0 saturated carbocycles. The minimum atomic E-state index is -0.296. The van der Waals surface area contributed by atoms with Gasteiger partial charge in [0.25, 0.3) is 17.0 Å². The summed E-state index contributed by atoms with van der Waals surface area (Å²) in [6.45, 7) is 3.71. The smallest absolute Gasteiger partial charge is 0.277 e. The van der Waals surface area contributed by atoms with Crippen LogP contribution in [0, 0.1) is 6.92 Å². The van der Waals surface area contributed by atoms with Gasteiger partial charge < -0.3 is 19.5 Å². The molecule has 1 unspecified atom stereocenters. The molecule has 2 N–H and O–H groups in total. The summed E-state index contributed by atoms with van der Waals surface area (Å²) in [5, 5.41) is 14.0. The van der Waals surface area contributed by atoms with E-state index in [1.165, 1.54) is 0 Å². The highest BCUT2D eigenvalue weighted by atomic mass is 32.2. The van der Waals surface area contributed by atoms with E-state index in [0.717, 1.165) is 17.3 Å². The van der Waals surface area contributed by atoms with E-state index in [9.17, 15) is 9.59 Å². The zero-order valence-electron chi connectivity index (χ0n) is 18.1. The van der Waals surface area contributed by atoms with Crippen molar-refractivity contribution in [1.29, 1.82) is 0 Å². The summed E-state index contributed by atoms with van der Waals surface area (Å²) in [5.74, 6) is 0.480. The van der Waals surface area contributed by atoms with Crippen LogP contribution in [-0.4, -0.2) is 27.8 Å². The molecule has 0 aliphatic carbocycles. The van der Waals surface area contributed by atoms with Gasteiger partial charge in [-0.25, -0.2) is 0 Å². The van der Waals surface area contributed by atoms with Crippen LogP contribution in [0.2, 0.25) is 0 Å². The van der Waals surface area contributed by atoms with Gasteiger partial charge in [0.05, 0.1) is 34.9 Å². The first-order chi connectivity index (χ1) is 16.0. The summed E-state index contributed by atoms with van der Waals surface area (Å²) in [6.07, 6.45) is 1.54. The first-order valence-electron chi connectivity index (χ1n) is 10.3. The molecule has 2 amide bonds. The number of carbonyl (C=O) groups is 2. The molecule has 2 heterocycles. The normalized spacial score (nSPS) is 11.7. The van der Waals surface area contributed by atoms with Crippen LogP contribution in [0.4, 0.5) is 5.69 Å². The first kappa shape index (κ1) is 22.3. The predicted molar refractivity (Wildman–Crippen MR) is 125 cm³/mol. The average molecular weight is 463 g/mol. The predicted octanol–water partition coefficient (Wildman–Crippen LogP) is 4.86. The first-order valence-corrected chi connectivity index (χ1v) is 11.3. The Morgan fingerprint density at radius 1 is 1.03 bits per heavy atom. The molecule has 0 aliphatic heterocycles. The van der Waals surface area contributed by atoms with E-state index in [-0.39, 0.29) is 28.8 Å². The number of rotatable bonds is 8. The summed E-state index contributed by atoms with van der Waals surface area (Å²) in [4.78, 5) is 25.4. The fraction of sp³-hybridized carbons (Fsp3) is 0.167. The van der Waals surface area contributed by atoms with E-state index in [1.807, 2.05) is 37.3 Å². The van der Waals surface area contributed by atoms with E-state index in [4.69, 9.17) is 8.83 Å². The van der Waals surface area contributed by atoms with Gasteiger partial charge in [-0.15, -0.1) is 10.2 Å². The summed E-state index contributed by atoms with van der Waals surface area (Å²) >= 11 is 1.11. The van der Waals surface area contributed by atoms with Crippen molar-refractivity contribution in [3.8, 4) is 11.5 Å². The van der Waals surface area contributed by atoms with Crippen molar-refractivity contribution in [1.82, 2.24) is 15.5 Å². The third-order valence-corrected chi connectivity index (χ3v) is 5.73. The number of anilines is 1. The monoisotopic (exact) mass is 462 g/mol. The molecular weight excluding hydrogens is 440 g/mol. The molecule has 168 valence electrons. The van der Waals surface area contributed by atoms with Crippen LogP contribution in [0.25, 0.3) is 11.5 Å². The topological polar surface area (TPSA) is 110 Å². The van der Waals surface area contributed by atoms with Crippen LogP contribution >= 0.6 is 11.8 Å². The number of thioether (sulfide) groups is 1. The minimum Gasteiger partial charge on any atom is -0.469 e. The number of nitrogens with zero attached hydrogens (tertiary/aromatic N) is 2. The second kappa shape index (κ2) is 10.2. The van der Waals surface area contributed by atoms with Crippen LogP contribution < -0.4 is 10.6 Å². The molecule has 9 heteroatoms. The molecule has 0 aliphatic rings. The lowest BCUT2D eigenvalue weighted by molar-refractivity contribution is -0.113. The maximum absolute atomic E-state index is 12.8. The molecule has 4 aromatic rings. The van der Waals surface area contributed by atoms with Gasteiger partial charge >= 0.3 is 0 Å². The molecule has 0 saturated heterocycles. The zero-order valence-corrected chi connectivity index (χ0v) is 18.9. The van der Waals surface area contributed by atoms with Crippen molar-refractivity contribution < 1.29 is 18.4 Å². The summed E-state index contributed by atoms with van der Waals surface area (Å²) in [5.41, 5.74) is 2.52. The molecular formula is C24H22N4O4S. The number of aromatic nitrogens is 2. The van der Waals surface area contributed by atoms with Crippen LogP contribution in [0.5, 0.6) is 0 Å². The van der Waals surface area contributed by atoms with Crippen molar-refractivity contribution in [2.24, 2.45) is 0 Å². The average Bonchev–Trinajstić information content (AvgIpc) is 3.47. The lowest BCUT2D eigenvalue weighted by atomic mass is 10.1. The quantitative estimate of drug-likeness (QED) is 0.360. The van der Waals surface area contributed by atoms with Gasteiger partial charge in [0.2, 0.25) is 5.91 Å². The molecule has 0 bridgehead atoms. The highest BCUT2D eigenvalue weighted by molar-refractivity contribution is 7.99. The number of aryl methyl sites for hydroxylation is 1. The van der Waals surface area contributed by atoms with Crippen LogP contribution in [0.15, 0.2) is 81.0 Å². The lowest BCUT2D eigenvalue weighted by Crippen LogP contribution is -2.28. The van der Waals surface area contributed by atoms with Crippen LogP contribution in [0.1, 0.15) is 34.6 Å². The largest absolute Gasteiger partial charge is 0.469 e. The van der Waals surface area contributed by atoms with Gasteiger partial charge in [-0.3, -0.25) is 9.59 Å². The molecule has 2 aromatic heterocycles. The van der Waals surface area contributed by atoms with Gasteiger partial charge in [0, 0.05) is 0 Å². The summed E-state index contributed by atoms with van der Waals surface area (Å²) in [7, 11) is 0. The Hall–Kier alpha value is -3.85. The molecule has 0 spiro atoms. The highest BCUT2D eigenvalue weighted by Gasteiger charge is 2.17. The Kier molecular flexibility index (Phi) is 6.89. The van der Waals surface area contributed by atoms with Gasteiger partial charge in [-0.05, 0) is 37.6 Å². The standard InChI is InChI=1S/C24H22N4O4S/c1-15(17-8-4-3-5-9-17)25-22(30)19-10-6-7-11-20(19)26-21(29)14-33-24-28-27-23(32-24)18-12-13-31-16(18)2/h3-13,15H,14H2,1-2H3,(H,25,30)(H,26,29). The van der Waals surface area contributed by atoms with E-state index in [1.54, 1.807) is 43.5 Å². The Bertz CT molecular complexity index is 1250. The van der Waals surface area contributed by atoms with E-state index >= 15 is 0 Å². The number of benzene rings is 2. The molecule has 8 nitrogen and oxygen atoms in total. The SMILES string of the molecule is Cc1occc1-c1nnc(SCC(=O)Nc2ccccc2C(=O)NC(C)c2ccccc2)o1. The summed E-state index contributed by atoms with van der Waals surface area (Å²) < 4.78 is 10.8. The summed E-state index contributed by atoms with van der Waals surface area (Å²) in [6, 6.07) is 18.1. The Morgan fingerprint density at radius 3 is 2.55 bits per heavy atom. The fourth-order valence-electron chi connectivity index (χ4n) is 3.19. The van der Waals surface area contributed by atoms with E-state index < -0.39 is 0 Å². The third-order valence-electron chi connectivity index (χ3n) is 4.92. The molecule has 2 aromatic carbocycles. The number of furan rings is 1. The number of hydrogen-bond donors (Lipinski definition) is 2. The molecule has 33 heavy (non-hydrogen) atoms. The van der Waals surface area contributed by atoms with Crippen molar-refractivity contribution in [2.45, 2.75) is 25.1 Å². The van der Waals surface area contributed by atoms with E-state index in [0.29, 0.717) is 28.5 Å². The molecule has 0 fully saturated rings. The second-order valence-corrected chi connectivity index (χ2v) is 8.18. The van der Waals surface area contributed by atoms with Gasteiger partial charge in [-0.1, -0.05) is 54.2 Å². The van der Waals surface area contributed by atoms with Crippen molar-refractivity contribution in [3.63, 3.8) is 0 Å². The van der Waals surface area contributed by atoms with Gasteiger partial charge in [-0.2, -0.15) is 0 Å². The molecule has 4 rings (SSSR count). The Labute approximate surface area is 194 Å². The lowest BCUT2D eigenvalue weighted by Gasteiger charge is -2.16. The maximum Gasteiger partial charge on any atom is 0.277 e. The van der Waals surface area contributed by atoms with Gasteiger partial charge in [0.15, 0.2) is 0 Å². The number of nitrogens with one attached hydrogen (secondary N) is 2. The fourth-order valence-corrected chi connectivity index (χ4v) is 3.75. The van der Waals surface area contributed by atoms with Crippen molar-refractivity contribution in [2.75, 3.05) is 11.1 Å². The molecule has 1 atom stereocenters. The molecule has 0 radical (unpaired) electrons. The van der Waals surface area contributed by atoms with E-state index in [2.05, 4.69) is 20.8 Å².